The summed E-state index contributed by atoms with van der Waals surface area (Å²) < 4.78 is 9.20. The molecule has 168 valence electrons. The molecule has 6 rings (SSSR count). The van der Waals surface area contributed by atoms with Crippen LogP contribution in [0.4, 0.5) is 5.69 Å². The predicted molar refractivity (Wildman–Crippen MR) is 120 cm³/mol. The van der Waals surface area contributed by atoms with Gasteiger partial charge in [-0.1, -0.05) is 5.21 Å². The molecule has 0 unspecified atom stereocenters. The fourth-order valence-electron chi connectivity index (χ4n) is 4.52. The molecule has 2 saturated heterocycles. The fourth-order valence-corrected chi connectivity index (χ4v) is 4.52. The van der Waals surface area contributed by atoms with Crippen LogP contribution in [0.3, 0.4) is 0 Å². The number of carbonyl (C=O) groups is 1. The van der Waals surface area contributed by atoms with Crippen LogP contribution < -0.4 is 4.90 Å². The van der Waals surface area contributed by atoms with E-state index in [2.05, 4.69) is 26.6 Å². The van der Waals surface area contributed by atoms with Crippen molar-refractivity contribution in [1.29, 1.82) is 0 Å². The van der Waals surface area contributed by atoms with Crippen LogP contribution in [0.1, 0.15) is 43.1 Å². The normalized spacial score (nSPS) is 17.3. The van der Waals surface area contributed by atoms with E-state index >= 15 is 0 Å². The summed E-state index contributed by atoms with van der Waals surface area (Å²) in [6.45, 7) is 2.34. The van der Waals surface area contributed by atoms with Gasteiger partial charge in [0.15, 0.2) is 11.2 Å². The Balaban J connectivity index is 1.24. The van der Waals surface area contributed by atoms with Crippen molar-refractivity contribution in [3.8, 4) is 5.69 Å². The molecule has 2 aliphatic heterocycles. The van der Waals surface area contributed by atoms with Gasteiger partial charge >= 0.3 is 0 Å². The zero-order chi connectivity index (χ0) is 22.2. The number of anilines is 1. The summed E-state index contributed by atoms with van der Waals surface area (Å²) in [7, 11) is 0. The van der Waals surface area contributed by atoms with Crippen molar-refractivity contribution in [3.63, 3.8) is 0 Å². The van der Waals surface area contributed by atoms with E-state index in [-0.39, 0.29) is 5.91 Å². The topological polar surface area (TPSA) is 104 Å². The molecule has 3 aromatic heterocycles. The third kappa shape index (κ3) is 3.86. The average Bonchev–Trinajstić information content (AvgIpc) is 3.60. The molecule has 0 bridgehead atoms. The van der Waals surface area contributed by atoms with Crippen molar-refractivity contribution >= 4 is 22.8 Å². The number of ether oxygens (including phenoxy) is 1. The van der Waals surface area contributed by atoms with Gasteiger partial charge in [0.05, 0.1) is 24.1 Å². The lowest BCUT2D eigenvalue weighted by atomic mass is 10.1. The highest BCUT2D eigenvalue weighted by atomic mass is 16.5. The second-order valence-electron chi connectivity index (χ2n) is 8.51. The zero-order valence-electron chi connectivity index (χ0n) is 18.2. The first-order chi connectivity index (χ1) is 16.2. The summed E-state index contributed by atoms with van der Waals surface area (Å²) in [5, 5.41) is 13.0. The molecule has 5 heterocycles. The summed E-state index contributed by atoms with van der Waals surface area (Å²) in [5.74, 6) is 0.864. The van der Waals surface area contributed by atoms with Crippen molar-refractivity contribution < 1.29 is 9.53 Å². The van der Waals surface area contributed by atoms with E-state index in [0.29, 0.717) is 35.9 Å². The summed E-state index contributed by atoms with van der Waals surface area (Å²) in [4.78, 5) is 23.1. The third-order valence-corrected chi connectivity index (χ3v) is 6.30. The van der Waals surface area contributed by atoms with Gasteiger partial charge in [0.25, 0.3) is 0 Å². The number of hydrogen-bond acceptors (Lipinski definition) is 7. The van der Waals surface area contributed by atoms with Crippen LogP contribution >= 0.6 is 0 Å². The molecule has 2 fully saturated rings. The first kappa shape index (κ1) is 20.0. The maximum atomic E-state index is 12.0. The van der Waals surface area contributed by atoms with E-state index in [1.807, 2.05) is 40.0 Å². The number of fused-ring (bicyclic) bond motifs is 1. The Morgan fingerprint density at radius 3 is 2.67 bits per heavy atom. The number of carbonyl (C=O) groups excluding carboxylic acids is 1. The molecule has 0 spiro atoms. The summed E-state index contributed by atoms with van der Waals surface area (Å²) in [6, 6.07) is 8.15. The van der Waals surface area contributed by atoms with Gasteiger partial charge in [0.1, 0.15) is 5.82 Å². The fraction of sp³-hybridized carbons (Fsp3) is 0.391. The van der Waals surface area contributed by atoms with Crippen LogP contribution in [0.25, 0.3) is 16.9 Å². The molecule has 0 saturated carbocycles. The highest BCUT2D eigenvalue weighted by molar-refractivity contribution is 5.95. The highest BCUT2D eigenvalue weighted by Gasteiger charge is 2.22. The minimum atomic E-state index is 0.173. The van der Waals surface area contributed by atoms with Gasteiger partial charge < -0.3 is 9.64 Å². The lowest BCUT2D eigenvalue weighted by molar-refractivity contribution is -0.117. The lowest BCUT2D eigenvalue weighted by Crippen LogP contribution is -2.23. The van der Waals surface area contributed by atoms with Gasteiger partial charge in [-0.15, -0.1) is 5.10 Å². The quantitative estimate of drug-likeness (QED) is 0.466. The van der Waals surface area contributed by atoms with Crippen molar-refractivity contribution in [2.24, 2.45) is 0 Å². The van der Waals surface area contributed by atoms with E-state index in [1.54, 1.807) is 10.9 Å². The second kappa shape index (κ2) is 8.36. The number of amides is 1. The maximum Gasteiger partial charge on any atom is 0.227 e. The molecular formula is C23H24N8O2. The van der Waals surface area contributed by atoms with Gasteiger partial charge in [0.2, 0.25) is 5.91 Å². The van der Waals surface area contributed by atoms with Gasteiger partial charge in [-0.25, -0.2) is 9.97 Å². The van der Waals surface area contributed by atoms with Crippen molar-refractivity contribution in [2.45, 2.75) is 38.1 Å². The maximum absolute atomic E-state index is 12.0. The van der Waals surface area contributed by atoms with E-state index in [4.69, 9.17) is 9.72 Å². The highest BCUT2D eigenvalue weighted by Crippen LogP contribution is 2.24. The summed E-state index contributed by atoms with van der Waals surface area (Å²) in [5.41, 5.74) is 4.10. The molecule has 0 aliphatic carbocycles. The second-order valence-corrected chi connectivity index (χ2v) is 8.51. The molecule has 10 heteroatoms. The monoisotopic (exact) mass is 444 g/mol. The van der Waals surface area contributed by atoms with E-state index in [9.17, 15) is 4.79 Å². The minimum Gasteiger partial charge on any atom is -0.381 e. The molecule has 0 radical (unpaired) electrons. The SMILES string of the molecule is O=C1CCCN1c1ccc(-n2nnc3cnc(Cc4cnn(C5CCOCC5)c4)nc32)cc1. The average molecular weight is 444 g/mol. The molecule has 1 amide bonds. The summed E-state index contributed by atoms with van der Waals surface area (Å²) >= 11 is 0. The van der Waals surface area contributed by atoms with E-state index < -0.39 is 0 Å². The van der Waals surface area contributed by atoms with Crippen molar-refractivity contribution in [2.75, 3.05) is 24.7 Å². The Morgan fingerprint density at radius 1 is 1.06 bits per heavy atom. The minimum absolute atomic E-state index is 0.173. The number of rotatable bonds is 5. The molecule has 33 heavy (non-hydrogen) atoms. The number of nitrogens with zero attached hydrogens (tertiary/aromatic N) is 8. The smallest absolute Gasteiger partial charge is 0.227 e. The molecule has 10 nitrogen and oxygen atoms in total. The Hall–Kier alpha value is -3.66. The number of aromatic nitrogens is 7. The predicted octanol–water partition coefficient (Wildman–Crippen LogP) is 2.48. The number of hydrogen-bond donors (Lipinski definition) is 0. The molecule has 1 aromatic carbocycles. The molecule has 4 aromatic rings. The van der Waals surface area contributed by atoms with Gasteiger partial charge in [0, 0.05) is 44.5 Å². The largest absolute Gasteiger partial charge is 0.381 e. The van der Waals surface area contributed by atoms with Gasteiger partial charge in [-0.05, 0) is 49.1 Å². The Bertz CT molecular complexity index is 1290. The molecule has 0 atom stereocenters. The van der Waals surface area contributed by atoms with Crippen LogP contribution in [-0.2, 0) is 16.0 Å². The van der Waals surface area contributed by atoms with Crippen molar-refractivity contribution in [3.05, 3.63) is 54.2 Å². The first-order valence-corrected chi connectivity index (χ1v) is 11.3. The molecule has 0 N–H and O–H groups in total. The van der Waals surface area contributed by atoms with Gasteiger partial charge in [-0.2, -0.15) is 9.78 Å². The van der Waals surface area contributed by atoms with Crippen molar-refractivity contribution in [1.82, 2.24) is 34.7 Å². The Morgan fingerprint density at radius 2 is 1.88 bits per heavy atom. The van der Waals surface area contributed by atoms with E-state index in [0.717, 1.165) is 56.0 Å². The first-order valence-electron chi connectivity index (χ1n) is 11.3. The van der Waals surface area contributed by atoms with E-state index in [1.165, 1.54) is 0 Å². The van der Waals surface area contributed by atoms with Crippen LogP contribution in [-0.4, -0.2) is 60.4 Å². The van der Waals surface area contributed by atoms with Crippen LogP contribution in [0.2, 0.25) is 0 Å². The zero-order valence-corrected chi connectivity index (χ0v) is 18.2. The standard InChI is InChI=1S/C23H24N8O2/c32-22-2-1-9-29(22)17-3-5-19(6-4-17)31-23-20(27-28-31)14-24-21(26-23)12-16-13-25-30(15-16)18-7-10-33-11-8-18/h3-6,13-15,18H,1-2,7-12H2. The molecular weight excluding hydrogens is 420 g/mol. The Kier molecular flexibility index (Phi) is 5.06. The van der Waals surface area contributed by atoms with Gasteiger partial charge in [-0.3, -0.25) is 9.48 Å². The van der Waals surface area contributed by atoms with Crippen LogP contribution in [0.5, 0.6) is 0 Å². The Labute approximate surface area is 190 Å². The van der Waals surface area contributed by atoms with Crippen LogP contribution in [0.15, 0.2) is 42.9 Å². The lowest BCUT2D eigenvalue weighted by Gasteiger charge is -2.22. The summed E-state index contributed by atoms with van der Waals surface area (Å²) in [6.07, 6.45) is 9.75. The number of benzene rings is 1. The molecule has 2 aliphatic rings. The van der Waals surface area contributed by atoms with Crippen LogP contribution in [0, 0.1) is 0 Å². The third-order valence-electron chi connectivity index (χ3n) is 6.30.